The number of hydrogen-bond acceptors (Lipinski definition) is 8. The minimum absolute atomic E-state index is 0.245. The van der Waals surface area contributed by atoms with Gasteiger partial charge in [-0.15, -0.1) is 0 Å². The number of amides is 1. The van der Waals surface area contributed by atoms with E-state index in [1.54, 1.807) is 4.90 Å². The summed E-state index contributed by atoms with van der Waals surface area (Å²) in [7, 11) is 2.15. The van der Waals surface area contributed by atoms with E-state index in [1.165, 1.54) is 12.0 Å². The highest BCUT2D eigenvalue weighted by molar-refractivity contribution is 5.68. The molecule has 1 aromatic heterocycles. The molecule has 31 heavy (non-hydrogen) atoms. The fourth-order valence-corrected chi connectivity index (χ4v) is 4.43. The van der Waals surface area contributed by atoms with Crippen molar-refractivity contribution < 1.29 is 14.3 Å². The highest BCUT2D eigenvalue weighted by atomic mass is 16.6. The second-order valence-electron chi connectivity index (χ2n) is 9.72. The zero-order valence-electron chi connectivity index (χ0n) is 19.3. The van der Waals surface area contributed by atoms with Crippen LogP contribution in [0, 0.1) is 0 Å². The SMILES string of the molecule is CN1CCC[C@H]1COc1nc2c(c(N3CCN(C(=O)OC(C)(C)C)CC3)n1)CCNC2. The van der Waals surface area contributed by atoms with Crippen molar-refractivity contribution in [3.05, 3.63) is 11.3 Å². The van der Waals surface area contributed by atoms with E-state index in [1.807, 2.05) is 20.8 Å². The Hall–Kier alpha value is -2.13. The molecule has 0 radical (unpaired) electrons. The van der Waals surface area contributed by atoms with Crippen molar-refractivity contribution in [1.82, 2.24) is 25.1 Å². The van der Waals surface area contributed by atoms with Gasteiger partial charge in [-0.2, -0.15) is 9.97 Å². The van der Waals surface area contributed by atoms with Crippen molar-refractivity contribution in [2.45, 2.75) is 58.2 Å². The summed E-state index contributed by atoms with van der Waals surface area (Å²) in [6, 6.07) is 0.894. The smallest absolute Gasteiger partial charge is 0.410 e. The Morgan fingerprint density at radius 2 is 1.94 bits per heavy atom. The number of carbonyl (C=O) groups excluding carboxylic acids is 1. The van der Waals surface area contributed by atoms with Crippen LogP contribution in [0.5, 0.6) is 6.01 Å². The number of aromatic nitrogens is 2. The summed E-state index contributed by atoms with van der Waals surface area (Å²) in [4.78, 5) is 28.3. The lowest BCUT2D eigenvalue weighted by Crippen LogP contribution is -2.50. The molecule has 1 atom stereocenters. The molecule has 0 bridgehead atoms. The number of likely N-dealkylation sites (N-methyl/N-ethyl adjacent to an activating group) is 1. The van der Waals surface area contributed by atoms with Crippen molar-refractivity contribution in [2.24, 2.45) is 0 Å². The van der Waals surface area contributed by atoms with E-state index in [0.717, 1.165) is 57.1 Å². The molecule has 3 aliphatic rings. The fourth-order valence-electron chi connectivity index (χ4n) is 4.43. The number of likely N-dealkylation sites (tertiary alicyclic amines) is 1. The average molecular weight is 433 g/mol. The lowest BCUT2D eigenvalue weighted by atomic mass is 10.1. The van der Waals surface area contributed by atoms with E-state index < -0.39 is 5.60 Å². The molecule has 0 unspecified atom stereocenters. The van der Waals surface area contributed by atoms with Crippen LogP contribution in [0.1, 0.15) is 44.9 Å². The maximum absolute atomic E-state index is 12.4. The van der Waals surface area contributed by atoms with Crippen LogP contribution in [0.15, 0.2) is 0 Å². The first-order chi connectivity index (χ1) is 14.8. The van der Waals surface area contributed by atoms with Gasteiger partial charge in [-0.25, -0.2) is 4.79 Å². The van der Waals surface area contributed by atoms with Gasteiger partial charge in [-0.05, 0) is 60.2 Å². The largest absolute Gasteiger partial charge is 0.462 e. The number of ether oxygens (including phenoxy) is 2. The maximum Gasteiger partial charge on any atom is 0.410 e. The molecule has 172 valence electrons. The van der Waals surface area contributed by atoms with Crippen LogP contribution in [-0.4, -0.2) is 90.4 Å². The summed E-state index contributed by atoms with van der Waals surface area (Å²) in [5.41, 5.74) is 1.75. The molecule has 1 aromatic rings. The monoisotopic (exact) mass is 432 g/mol. The van der Waals surface area contributed by atoms with Gasteiger partial charge in [0.05, 0.1) is 5.69 Å². The zero-order valence-corrected chi connectivity index (χ0v) is 19.3. The molecule has 1 N–H and O–H groups in total. The number of rotatable bonds is 4. The van der Waals surface area contributed by atoms with Crippen LogP contribution >= 0.6 is 0 Å². The van der Waals surface area contributed by atoms with Crippen LogP contribution in [0.25, 0.3) is 0 Å². The van der Waals surface area contributed by atoms with Crippen molar-refractivity contribution >= 4 is 11.9 Å². The van der Waals surface area contributed by atoms with E-state index in [2.05, 4.69) is 22.2 Å². The van der Waals surface area contributed by atoms with Crippen LogP contribution in [0.2, 0.25) is 0 Å². The van der Waals surface area contributed by atoms with E-state index in [9.17, 15) is 4.79 Å². The van der Waals surface area contributed by atoms with E-state index in [4.69, 9.17) is 19.4 Å². The Labute approximate surface area is 185 Å². The quantitative estimate of drug-likeness (QED) is 0.769. The second kappa shape index (κ2) is 9.16. The number of nitrogens with zero attached hydrogens (tertiary/aromatic N) is 5. The van der Waals surface area contributed by atoms with Crippen molar-refractivity contribution in [1.29, 1.82) is 0 Å². The maximum atomic E-state index is 12.4. The van der Waals surface area contributed by atoms with Crippen molar-refractivity contribution in [2.75, 3.05) is 57.8 Å². The van der Waals surface area contributed by atoms with Gasteiger partial charge in [-0.3, -0.25) is 0 Å². The van der Waals surface area contributed by atoms with E-state index in [0.29, 0.717) is 31.7 Å². The Bertz CT molecular complexity index is 788. The highest BCUT2D eigenvalue weighted by Gasteiger charge is 2.29. The van der Waals surface area contributed by atoms with Gasteiger partial charge in [0.25, 0.3) is 0 Å². The third-order valence-electron chi connectivity index (χ3n) is 6.20. The number of piperazine rings is 1. The first-order valence-corrected chi connectivity index (χ1v) is 11.5. The molecule has 0 aromatic carbocycles. The van der Waals surface area contributed by atoms with Crippen LogP contribution in [0.4, 0.5) is 10.6 Å². The Morgan fingerprint density at radius 1 is 1.16 bits per heavy atom. The van der Waals surface area contributed by atoms with Crippen LogP contribution in [-0.2, 0) is 17.7 Å². The predicted octanol–water partition coefficient (Wildman–Crippen LogP) is 1.65. The van der Waals surface area contributed by atoms with Crippen molar-refractivity contribution in [3.63, 3.8) is 0 Å². The lowest BCUT2D eigenvalue weighted by molar-refractivity contribution is 0.0240. The summed E-state index contributed by atoms with van der Waals surface area (Å²) in [6.07, 6.45) is 3.03. The van der Waals surface area contributed by atoms with Gasteiger partial charge in [0.2, 0.25) is 0 Å². The summed E-state index contributed by atoms with van der Waals surface area (Å²) in [5, 5.41) is 3.40. The molecule has 9 heteroatoms. The molecule has 4 heterocycles. The van der Waals surface area contributed by atoms with Gasteiger partial charge in [0.15, 0.2) is 0 Å². The van der Waals surface area contributed by atoms with Gasteiger partial charge < -0.3 is 29.5 Å². The number of carbonyl (C=O) groups is 1. The first kappa shape index (κ1) is 22.1. The Balaban J connectivity index is 1.45. The molecular formula is C22H36N6O3. The molecule has 0 saturated carbocycles. The molecule has 4 rings (SSSR count). The fraction of sp³-hybridized carbons (Fsp3) is 0.773. The van der Waals surface area contributed by atoms with E-state index in [-0.39, 0.29) is 6.09 Å². The molecule has 1 amide bonds. The normalized spacial score (nSPS) is 22.4. The van der Waals surface area contributed by atoms with Crippen LogP contribution in [0.3, 0.4) is 0 Å². The number of fused-ring (bicyclic) bond motifs is 1. The molecule has 2 saturated heterocycles. The molecule has 2 fully saturated rings. The standard InChI is InChI=1S/C22H36N6O3/c1-22(2,3)31-21(29)28-12-10-27(11-13-28)19-17-7-8-23-14-18(17)24-20(25-19)30-15-16-6-5-9-26(16)4/h16,23H,5-15H2,1-4H3/t16-/m0/s1. The highest BCUT2D eigenvalue weighted by Crippen LogP contribution is 2.28. The summed E-state index contributed by atoms with van der Waals surface area (Å²) in [6.45, 7) is 11.8. The molecule has 0 spiro atoms. The lowest BCUT2D eigenvalue weighted by Gasteiger charge is -2.37. The minimum Gasteiger partial charge on any atom is -0.462 e. The minimum atomic E-state index is -0.480. The van der Waals surface area contributed by atoms with Gasteiger partial charge in [0, 0.05) is 44.3 Å². The number of anilines is 1. The van der Waals surface area contributed by atoms with Crippen LogP contribution < -0.4 is 15.0 Å². The summed E-state index contributed by atoms with van der Waals surface area (Å²) < 4.78 is 11.6. The Kier molecular flexibility index (Phi) is 6.52. The molecule has 9 nitrogen and oxygen atoms in total. The Morgan fingerprint density at radius 3 is 2.61 bits per heavy atom. The molecule has 3 aliphatic heterocycles. The predicted molar refractivity (Wildman–Crippen MR) is 119 cm³/mol. The third kappa shape index (κ3) is 5.38. The van der Waals surface area contributed by atoms with Gasteiger partial charge in [0.1, 0.15) is 18.0 Å². The summed E-state index contributed by atoms with van der Waals surface area (Å²) >= 11 is 0. The topological polar surface area (TPSA) is 83.1 Å². The molecular weight excluding hydrogens is 396 g/mol. The summed E-state index contributed by atoms with van der Waals surface area (Å²) in [5.74, 6) is 0.963. The second-order valence-corrected chi connectivity index (χ2v) is 9.72. The number of nitrogens with one attached hydrogen (secondary N) is 1. The van der Waals surface area contributed by atoms with E-state index >= 15 is 0 Å². The zero-order chi connectivity index (χ0) is 22.0. The third-order valence-corrected chi connectivity index (χ3v) is 6.20. The van der Waals surface area contributed by atoms with Gasteiger partial charge in [-0.1, -0.05) is 0 Å². The average Bonchev–Trinajstić information content (AvgIpc) is 3.15. The first-order valence-electron chi connectivity index (χ1n) is 11.5. The van der Waals surface area contributed by atoms with Gasteiger partial charge >= 0.3 is 12.1 Å². The number of hydrogen-bond donors (Lipinski definition) is 1. The van der Waals surface area contributed by atoms with Crippen molar-refractivity contribution in [3.8, 4) is 6.01 Å². The molecule has 0 aliphatic carbocycles.